The molecule has 1 saturated heterocycles. The molecule has 0 bridgehead atoms. The third kappa shape index (κ3) is 1.50. The van der Waals surface area contributed by atoms with Gasteiger partial charge in [0.25, 0.3) is 0 Å². The van der Waals surface area contributed by atoms with Crippen molar-refractivity contribution in [1.29, 1.82) is 0 Å². The summed E-state index contributed by atoms with van der Waals surface area (Å²) < 4.78 is 5.80. The molecule has 3 fully saturated rings. The summed E-state index contributed by atoms with van der Waals surface area (Å²) in [6, 6.07) is 0. The van der Waals surface area contributed by atoms with Crippen LogP contribution >= 0.6 is 0 Å². The molecule has 13 heavy (non-hydrogen) atoms. The van der Waals surface area contributed by atoms with Gasteiger partial charge >= 0.3 is 0 Å². The van der Waals surface area contributed by atoms with Crippen LogP contribution in [-0.4, -0.2) is 18.2 Å². The van der Waals surface area contributed by atoms with Gasteiger partial charge in [0.05, 0.1) is 6.10 Å². The Bertz CT molecular complexity index is 210. The standard InChI is InChI=1S/C11H19NO/c12-11(7-8-1-2-8)5-6-13-10(11)9-3-4-9/h8-10H,1-7,12H2. The first kappa shape index (κ1) is 8.25. The average molecular weight is 181 g/mol. The summed E-state index contributed by atoms with van der Waals surface area (Å²) >= 11 is 0. The smallest absolute Gasteiger partial charge is 0.0783 e. The first-order valence-electron chi connectivity index (χ1n) is 5.68. The van der Waals surface area contributed by atoms with E-state index >= 15 is 0 Å². The minimum Gasteiger partial charge on any atom is -0.376 e. The zero-order valence-corrected chi connectivity index (χ0v) is 8.17. The molecule has 2 heteroatoms. The Kier molecular flexibility index (Phi) is 1.72. The molecule has 2 N–H and O–H groups in total. The zero-order valence-electron chi connectivity index (χ0n) is 8.17. The fourth-order valence-corrected chi connectivity index (χ4v) is 2.77. The van der Waals surface area contributed by atoms with Crippen molar-refractivity contribution in [3.05, 3.63) is 0 Å². The van der Waals surface area contributed by atoms with Gasteiger partial charge in [-0.15, -0.1) is 0 Å². The lowest BCUT2D eigenvalue weighted by Gasteiger charge is -2.30. The van der Waals surface area contributed by atoms with Crippen LogP contribution in [0.15, 0.2) is 0 Å². The number of hydrogen-bond acceptors (Lipinski definition) is 2. The maximum atomic E-state index is 6.46. The van der Waals surface area contributed by atoms with Crippen molar-refractivity contribution in [2.24, 2.45) is 17.6 Å². The van der Waals surface area contributed by atoms with E-state index in [-0.39, 0.29) is 5.54 Å². The summed E-state index contributed by atoms with van der Waals surface area (Å²) in [5.74, 6) is 1.75. The molecule has 2 atom stereocenters. The molecule has 2 aliphatic carbocycles. The van der Waals surface area contributed by atoms with E-state index in [0.717, 1.165) is 24.9 Å². The highest BCUT2D eigenvalue weighted by Crippen LogP contribution is 2.47. The number of rotatable bonds is 3. The Labute approximate surface area is 79.8 Å². The Morgan fingerprint density at radius 1 is 1.23 bits per heavy atom. The predicted octanol–water partition coefficient (Wildman–Crippen LogP) is 1.68. The Hall–Kier alpha value is -0.0800. The summed E-state index contributed by atoms with van der Waals surface area (Å²) in [7, 11) is 0. The van der Waals surface area contributed by atoms with E-state index in [9.17, 15) is 0 Å². The molecule has 0 spiro atoms. The molecule has 0 aromatic heterocycles. The van der Waals surface area contributed by atoms with Crippen LogP contribution in [0.4, 0.5) is 0 Å². The van der Waals surface area contributed by atoms with E-state index in [1.807, 2.05) is 0 Å². The molecular weight excluding hydrogens is 162 g/mol. The van der Waals surface area contributed by atoms with Crippen molar-refractivity contribution in [3.8, 4) is 0 Å². The maximum absolute atomic E-state index is 6.46. The molecular formula is C11H19NO. The monoisotopic (exact) mass is 181 g/mol. The third-order valence-electron chi connectivity index (χ3n) is 3.85. The lowest BCUT2D eigenvalue weighted by Crippen LogP contribution is -2.48. The van der Waals surface area contributed by atoms with Gasteiger partial charge in [-0.2, -0.15) is 0 Å². The molecule has 1 aliphatic heterocycles. The van der Waals surface area contributed by atoms with E-state index in [1.165, 1.54) is 32.1 Å². The first-order chi connectivity index (χ1) is 6.28. The molecule has 0 amide bonds. The van der Waals surface area contributed by atoms with Crippen LogP contribution in [0.1, 0.15) is 38.5 Å². The highest BCUT2D eigenvalue weighted by atomic mass is 16.5. The number of nitrogens with two attached hydrogens (primary N) is 1. The van der Waals surface area contributed by atoms with E-state index in [1.54, 1.807) is 0 Å². The molecule has 74 valence electrons. The lowest BCUT2D eigenvalue weighted by molar-refractivity contribution is 0.0586. The molecule has 2 unspecified atom stereocenters. The highest BCUT2D eigenvalue weighted by molar-refractivity contribution is 5.05. The van der Waals surface area contributed by atoms with Crippen molar-refractivity contribution in [1.82, 2.24) is 0 Å². The summed E-state index contributed by atoms with van der Waals surface area (Å²) in [4.78, 5) is 0. The van der Waals surface area contributed by atoms with Crippen LogP contribution in [0.2, 0.25) is 0 Å². The zero-order chi connectivity index (χ0) is 8.89. The van der Waals surface area contributed by atoms with Crippen LogP contribution in [-0.2, 0) is 4.74 Å². The Morgan fingerprint density at radius 2 is 2.00 bits per heavy atom. The van der Waals surface area contributed by atoms with E-state index in [4.69, 9.17) is 10.5 Å². The molecule has 1 heterocycles. The van der Waals surface area contributed by atoms with Crippen molar-refractivity contribution >= 4 is 0 Å². The predicted molar refractivity (Wildman–Crippen MR) is 51.3 cm³/mol. The molecule has 0 aromatic carbocycles. The van der Waals surface area contributed by atoms with Crippen LogP contribution in [0.3, 0.4) is 0 Å². The minimum atomic E-state index is 0.0579. The van der Waals surface area contributed by atoms with Gasteiger partial charge in [0, 0.05) is 12.1 Å². The summed E-state index contributed by atoms with van der Waals surface area (Å²) in [6.45, 7) is 0.907. The van der Waals surface area contributed by atoms with Crippen molar-refractivity contribution < 1.29 is 4.74 Å². The second-order valence-corrected chi connectivity index (χ2v) is 5.26. The fourth-order valence-electron chi connectivity index (χ4n) is 2.77. The highest BCUT2D eigenvalue weighted by Gasteiger charge is 2.50. The normalized spacial score (nSPS) is 45.5. The number of hydrogen-bond donors (Lipinski definition) is 1. The molecule has 3 rings (SSSR count). The molecule has 0 aromatic rings. The lowest BCUT2D eigenvalue weighted by atomic mass is 9.84. The Balaban J connectivity index is 1.69. The second-order valence-electron chi connectivity index (χ2n) is 5.26. The van der Waals surface area contributed by atoms with Crippen molar-refractivity contribution in [2.75, 3.05) is 6.61 Å². The van der Waals surface area contributed by atoms with E-state index in [2.05, 4.69) is 0 Å². The van der Waals surface area contributed by atoms with Crippen molar-refractivity contribution in [3.63, 3.8) is 0 Å². The molecule has 2 nitrogen and oxygen atoms in total. The first-order valence-corrected chi connectivity index (χ1v) is 5.68. The summed E-state index contributed by atoms with van der Waals surface area (Å²) in [5.41, 5.74) is 6.52. The van der Waals surface area contributed by atoms with Crippen LogP contribution in [0, 0.1) is 11.8 Å². The van der Waals surface area contributed by atoms with Gasteiger partial charge < -0.3 is 10.5 Å². The Morgan fingerprint density at radius 3 is 2.62 bits per heavy atom. The SMILES string of the molecule is NC1(CC2CC2)CCOC1C1CC1. The largest absolute Gasteiger partial charge is 0.376 e. The number of ether oxygens (including phenoxy) is 1. The summed E-state index contributed by atoms with van der Waals surface area (Å²) in [5, 5.41) is 0. The summed E-state index contributed by atoms with van der Waals surface area (Å²) in [6.07, 6.45) is 8.28. The van der Waals surface area contributed by atoms with Crippen molar-refractivity contribution in [2.45, 2.75) is 50.2 Å². The topological polar surface area (TPSA) is 35.2 Å². The van der Waals surface area contributed by atoms with E-state index < -0.39 is 0 Å². The van der Waals surface area contributed by atoms with Gasteiger partial charge in [0.2, 0.25) is 0 Å². The van der Waals surface area contributed by atoms with Gasteiger partial charge in [0.1, 0.15) is 0 Å². The minimum absolute atomic E-state index is 0.0579. The fraction of sp³-hybridized carbons (Fsp3) is 1.00. The third-order valence-corrected chi connectivity index (χ3v) is 3.85. The second kappa shape index (κ2) is 2.71. The van der Waals surface area contributed by atoms with Gasteiger partial charge in [-0.05, 0) is 37.5 Å². The van der Waals surface area contributed by atoms with Gasteiger partial charge in [-0.25, -0.2) is 0 Å². The molecule has 3 aliphatic rings. The maximum Gasteiger partial charge on any atom is 0.0783 e. The van der Waals surface area contributed by atoms with Crippen LogP contribution in [0.5, 0.6) is 0 Å². The van der Waals surface area contributed by atoms with E-state index in [0.29, 0.717) is 6.10 Å². The van der Waals surface area contributed by atoms with Gasteiger partial charge in [-0.3, -0.25) is 0 Å². The van der Waals surface area contributed by atoms with Crippen LogP contribution < -0.4 is 5.73 Å². The average Bonchev–Trinajstić information content (AvgIpc) is 2.94. The quantitative estimate of drug-likeness (QED) is 0.719. The van der Waals surface area contributed by atoms with Gasteiger partial charge in [-0.1, -0.05) is 12.8 Å². The molecule has 0 radical (unpaired) electrons. The van der Waals surface area contributed by atoms with Crippen LogP contribution in [0.25, 0.3) is 0 Å². The molecule has 2 saturated carbocycles. The van der Waals surface area contributed by atoms with Gasteiger partial charge in [0.15, 0.2) is 0 Å².